The molecule has 4 rings (SSSR count). The van der Waals surface area contributed by atoms with Crippen LogP contribution < -0.4 is 15.5 Å². The highest BCUT2D eigenvalue weighted by atomic mass is 15.4. The van der Waals surface area contributed by atoms with Gasteiger partial charge in [0.15, 0.2) is 0 Å². The monoisotopic (exact) mass is 378 g/mol. The predicted octanol–water partition coefficient (Wildman–Crippen LogP) is 3.52. The van der Waals surface area contributed by atoms with Gasteiger partial charge in [-0.15, -0.1) is 0 Å². The van der Waals surface area contributed by atoms with Crippen molar-refractivity contribution in [3.63, 3.8) is 0 Å². The lowest BCUT2D eigenvalue weighted by atomic mass is 10.1. The standard InChI is InChI=1S/C22H30N6/c1-13(2)23-10-17-8-18(7-6-14(17)3)26-21-15(4)16(5)25-22(27-21)28-12-19-9-20(28)11-24-19/h6-8,10,13,19-20,24H,9,11-12H2,1-5H3,(H,25,26,27). The zero-order chi connectivity index (χ0) is 19.8. The first kappa shape index (κ1) is 18.9. The van der Waals surface area contributed by atoms with Crippen molar-refractivity contribution in [2.75, 3.05) is 23.3 Å². The van der Waals surface area contributed by atoms with Crippen LogP contribution in [0.5, 0.6) is 0 Å². The first-order valence-electron chi connectivity index (χ1n) is 10.2. The number of hydrogen-bond acceptors (Lipinski definition) is 6. The summed E-state index contributed by atoms with van der Waals surface area (Å²) in [5.41, 5.74) is 5.48. The van der Waals surface area contributed by atoms with Crippen LogP contribution in [0.15, 0.2) is 23.2 Å². The lowest BCUT2D eigenvalue weighted by molar-refractivity contribution is 0.571. The molecular formula is C22H30N6. The molecular weight excluding hydrogens is 348 g/mol. The van der Waals surface area contributed by atoms with Crippen molar-refractivity contribution in [3.8, 4) is 0 Å². The number of nitrogens with zero attached hydrogens (tertiary/aromatic N) is 4. The summed E-state index contributed by atoms with van der Waals surface area (Å²) in [5.74, 6) is 1.72. The average molecular weight is 379 g/mol. The minimum Gasteiger partial charge on any atom is -0.340 e. The zero-order valence-corrected chi connectivity index (χ0v) is 17.5. The number of hydrogen-bond donors (Lipinski definition) is 2. The lowest BCUT2D eigenvalue weighted by Crippen LogP contribution is -2.44. The van der Waals surface area contributed by atoms with Gasteiger partial charge in [-0.3, -0.25) is 4.99 Å². The second kappa shape index (κ2) is 7.51. The van der Waals surface area contributed by atoms with Crippen LogP contribution in [0.2, 0.25) is 0 Å². The normalized spacial score (nSPS) is 21.3. The Labute approximate surface area is 167 Å². The van der Waals surface area contributed by atoms with Crippen LogP contribution >= 0.6 is 0 Å². The Morgan fingerprint density at radius 1 is 1.25 bits per heavy atom. The lowest BCUT2D eigenvalue weighted by Gasteiger charge is -2.28. The molecule has 1 aromatic carbocycles. The van der Waals surface area contributed by atoms with E-state index in [0.29, 0.717) is 12.1 Å². The molecule has 2 atom stereocenters. The molecule has 6 heteroatoms. The van der Waals surface area contributed by atoms with Crippen LogP contribution in [0.1, 0.15) is 42.7 Å². The molecule has 2 aliphatic heterocycles. The van der Waals surface area contributed by atoms with Crippen molar-refractivity contribution in [1.29, 1.82) is 0 Å². The van der Waals surface area contributed by atoms with Gasteiger partial charge in [-0.05, 0) is 64.3 Å². The summed E-state index contributed by atoms with van der Waals surface area (Å²) in [4.78, 5) is 16.6. The van der Waals surface area contributed by atoms with Crippen molar-refractivity contribution in [2.45, 2.75) is 59.2 Å². The maximum atomic E-state index is 4.90. The van der Waals surface area contributed by atoms with E-state index in [1.807, 2.05) is 6.21 Å². The third-order valence-corrected chi connectivity index (χ3v) is 5.74. The molecule has 0 saturated carbocycles. The van der Waals surface area contributed by atoms with Crippen molar-refractivity contribution >= 4 is 23.7 Å². The van der Waals surface area contributed by atoms with Gasteiger partial charge in [-0.25, -0.2) is 4.98 Å². The second-order valence-electron chi connectivity index (χ2n) is 8.30. The molecule has 6 nitrogen and oxygen atoms in total. The van der Waals surface area contributed by atoms with Gasteiger partial charge in [0.2, 0.25) is 5.95 Å². The molecule has 2 fully saturated rings. The van der Waals surface area contributed by atoms with Crippen molar-refractivity contribution in [1.82, 2.24) is 15.3 Å². The Morgan fingerprint density at radius 2 is 2.07 bits per heavy atom. The molecule has 148 valence electrons. The number of aliphatic imine (C=N–C) groups is 1. The van der Waals surface area contributed by atoms with Gasteiger partial charge in [-0.2, -0.15) is 4.98 Å². The molecule has 0 amide bonds. The Kier molecular flexibility index (Phi) is 5.06. The van der Waals surface area contributed by atoms with Crippen molar-refractivity contribution in [2.24, 2.45) is 4.99 Å². The third kappa shape index (κ3) is 3.74. The summed E-state index contributed by atoms with van der Waals surface area (Å²) in [7, 11) is 0. The largest absolute Gasteiger partial charge is 0.340 e. The van der Waals surface area contributed by atoms with Crippen molar-refractivity contribution < 1.29 is 0 Å². The molecule has 2 unspecified atom stereocenters. The SMILES string of the molecule is Cc1ccc(Nc2nc(N3CC4CC3CN4)nc(C)c2C)cc1C=NC(C)C. The van der Waals surface area contributed by atoms with Crippen LogP contribution in [-0.4, -0.2) is 47.4 Å². The highest BCUT2D eigenvalue weighted by molar-refractivity contribution is 5.84. The number of benzene rings is 1. The highest BCUT2D eigenvalue weighted by Crippen LogP contribution is 2.30. The topological polar surface area (TPSA) is 65.4 Å². The fourth-order valence-electron chi connectivity index (χ4n) is 3.89. The maximum Gasteiger partial charge on any atom is 0.227 e. The molecule has 28 heavy (non-hydrogen) atoms. The van der Waals surface area contributed by atoms with Gasteiger partial charge in [-0.1, -0.05) is 6.07 Å². The Hall–Kier alpha value is -2.47. The Bertz CT molecular complexity index is 904. The third-order valence-electron chi connectivity index (χ3n) is 5.74. The molecule has 1 aromatic heterocycles. The van der Waals surface area contributed by atoms with E-state index in [4.69, 9.17) is 9.97 Å². The number of aromatic nitrogens is 2. The van der Waals surface area contributed by atoms with E-state index in [9.17, 15) is 0 Å². The molecule has 2 saturated heterocycles. The van der Waals surface area contributed by atoms with E-state index in [2.05, 4.69) is 73.3 Å². The van der Waals surface area contributed by atoms with Crippen LogP contribution in [0.25, 0.3) is 0 Å². The number of aryl methyl sites for hydroxylation is 2. The maximum absolute atomic E-state index is 4.90. The number of rotatable bonds is 5. The number of anilines is 3. The van der Waals surface area contributed by atoms with Crippen LogP contribution in [0.3, 0.4) is 0 Å². The van der Waals surface area contributed by atoms with Crippen LogP contribution in [0.4, 0.5) is 17.5 Å². The van der Waals surface area contributed by atoms with Gasteiger partial charge in [0.25, 0.3) is 0 Å². The van der Waals surface area contributed by atoms with E-state index in [0.717, 1.165) is 47.4 Å². The van der Waals surface area contributed by atoms with E-state index in [1.165, 1.54) is 12.0 Å². The van der Waals surface area contributed by atoms with E-state index in [1.54, 1.807) is 0 Å². The molecule has 2 bridgehead atoms. The van der Waals surface area contributed by atoms with Crippen molar-refractivity contribution in [3.05, 3.63) is 40.6 Å². The fraction of sp³-hybridized carbons (Fsp3) is 0.500. The molecule has 0 radical (unpaired) electrons. The van der Waals surface area contributed by atoms with Gasteiger partial charge in [0.1, 0.15) is 5.82 Å². The van der Waals surface area contributed by atoms with Gasteiger partial charge in [0.05, 0.1) is 0 Å². The first-order valence-corrected chi connectivity index (χ1v) is 10.2. The minimum atomic E-state index is 0.288. The first-order chi connectivity index (χ1) is 13.4. The van der Waals surface area contributed by atoms with E-state index < -0.39 is 0 Å². The van der Waals surface area contributed by atoms with Crippen LogP contribution in [-0.2, 0) is 0 Å². The Morgan fingerprint density at radius 3 is 2.75 bits per heavy atom. The van der Waals surface area contributed by atoms with Gasteiger partial charge >= 0.3 is 0 Å². The second-order valence-corrected chi connectivity index (χ2v) is 8.30. The molecule has 2 N–H and O–H groups in total. The summed E-state index contributed by atoms with van der Waals surface area (Å²) in [5, 5.41) is 7.06. The predicted molar refractivity (Wildman–Crippen MR) is 116 cm³/mol. The molecule has 2 aromatic rings. The minimum absolute atomic E-state index is 0.288. The quantitative estimate of drug-likeness (QED) is 0.780. The summed E-state index contributed by atoms with van der Waals surface area (Å²) in [6.07, 6.45) is 3.15. The zero-order valence-electron chi connectivity index (χ0n) is 17.5. The van der Waals surface area contributed by atoms with Crippen LogP contribution in [0, 0.1) is 20.8 Å². The van der Waals surface area contributed by atoms with E-state index in [-0.39, 0.29) is 6.04 Å². The van der Waals surface area contributed by atoms with E-state index >= 15 is 0 Å². The number of piperazine rings is 1. The summed E-state index contributed by atoms with van der Waals surface area (Å²) in [6.45, 7) is 12.4. The van der Waals surface area contributed by atoms with Gasteiger partial charge < -0.3 is 15.5 Å². The summed E-state index contributed by atoms with van der Waals surface area (Å²) in [6, 6.07) is 7.74. The molecule has 0 spiro atoms. The molecule has 0 aliphatic carbocycles. The smallest absolute Gasteiger partial charge is 0.227 e. The fourth-order valence-corrected chi connectivity index (χ4v) is 3.89. The Balaban J connectivity index is 1.62. The molecule has 3 heterocycles. The summed E-state index contributed by atoms with van der Waals surface area (Å²) < 4.78 is 0. The number of fused-ring (bicyclic) bond motifs is 2. The number of nitrogens with one attached hydrogen (secondary N) is 2. The summed E-state index contributed by atoms with van der Waals surface area (Å²) >= 11 is 0. The highest BCUT2D eigenvalue weighted by Gasteiger charge is 2.39. The average Bonchev–Trinajstić information content (AvgIpc) is 3.29. The van der Waals surface area contributed by atoms with Gasteiger partial charge in [0, 0.05) is 54.4 Å². The molecule has 2 aliphatic rings.